The van der Waals surface area contributed by atoms with Crippen LogP contribution in [-0.2, 0) is 22.7 Å². The third-order valence-corrected chi connectivity index (χ3v) is 6.99. The number of carbonyl (C=O) groups is 3. The van der Waals surface area contributed by atoms with E-state index in [-0.39, 0.29) is 24.1 Å². The molecule has 0 bridgehead atoms. The highest BCUT2D eigenvalue weighted by atomic mass is 16.2. The highest BCUT2D eigenvalue weighted by Gasteiger charge is 2.39. The molecule has 4 aliphatic rings. The molecular weight excluding hydrogens is 368 g/mol. The van der Waals surface area contributed by atoms with Gasteiger partial charge in [-0.05, 0) is 61.9 Å². The smallest absolute Gasteiger partial charge is 0.255 e. The van der Waals surface area contributed by atoms with Crippen LogP contribution in [0.1, 0.15) is 53.6 Å². The number of benzene rings is 1. The monoisotopic (exact) mass is 396 g/mol. The van der Waals surface area contributed by atoms with Crippen molar-refractivity contribution in [2.75, 3.05) is 19.6 Å². The Hall–Kier alpha value is -2.25. The van der Waals surface area contributed by atoms with Gasteiger partial charge in [-0.3, -0.25) is 24.6 Å². The quantitative estimate of drug-likeness (QED) is 0.746. The molecule has 5 rings (SSSR count). The number of hydrogen-bond acceptors (Lipinski definition) is 5. The Bertz CT molecular complexity index is 854. The van der Waals surface area contributed by atoms with E-state index in [2.05, 4.69) is 21.6 Å². The molecule has 1 aromatic rings. The number of nitrogens with one attached hydrogen (secondary N) is 2. The molecule has 3 saturated heterocycles. The molecule has 0 aromatic heterocycles. The lowest BCUT2D eigenvalue weighted by atomic mass is 9.85. The zero-order valence-electron chi connectivity index (χ0n) is 16.7. The van der Waals surface area contributed by atoms with Gasteiger partial charge in [-0.1, -0.05) is 12.1 Å². The van der Waals surface area contributed by atoms with Crippen molar-refractivity contribution in [2.24, 2.45) is 5.92 Å². The van der Waals surface area contributed by atoms with E-state index in [4.69, 9.17) is 0 Å². The molecule has 2 N–H and O–H groups in total. The van der Waals surface area contributed by atoms with Crippen LogP contribution in [0.3, 0.4) is 0 Å². The summed E-state index contributed by atoms with van der Waals surface area (Å²) in [5, 5.41) is 6.04. The number of carbonyl (C=O) groups excluding carboxylic acids is 3. The highest BCUT2D eigenvalue weighted by Crippen LogP contribution is 2.30. The maximum absolute atomic E-state index is 12.8. The van der Waals surface area contributed by atoms with E-state index in [1.807, 2.05) is 12.1 Å². The number of rotatable bonds is 3. The Morgan fingerprint density at radius 1 is 1.10 bits per heavy atom. The van der Waals surface area contributed by atoms with Crippen LogP contribution in [0.4, 0.5) is 0 Å². The molecule has 3 unspecified atom stereocenters. The fourth-order valence-electron chi connectivity index (χ4n) is 5.42. The van der Waals surface area contributed by atoms with Crippen LogP contribution < -0.4 is 10.6 Å². The van der Waals surface area contributed by atoms with Gasteiger partial charge in [0.2, 0.25) is 11.8 Å². The first-order chi connectivity index (χ1) is 14.1. The molecule has 7 nitrogen and oxygen atoms in total. The molecule has 154 valence electrons. The number of likely N-dealkylation sites (tertiary alicyclic amines) is 1. The molecule has 3 atom stereocenters. The lowest BCUT2D eigenvalue weighted by molar-refractivity contribution is -0.136. The standard InChI is InChI=1S/C22H28N4O3/c27-20-6-5-19(21(28)24-20)26-12-16-10-14(3-4-17(16)22(26)29)11-25-9-7-15-2-1-8-23-18(15)13-25/h3-4,10,15,18-19,23H,1-2,5-9,11-13H2,(H,24,27,28). The van der Waals surface area contributed by atoms with Crippen molar-refractivity contribution in [3.63, 3.8) is 0 Å². The molecule has 3 fully saturated rings. The zero-order valence-corrected chi connectivity index (χ0v) is 16.7. The van der Waals surface area contributed by atoms with Crippen LogP contribution in [-0.4, -0.2) is 59.2 Å². The van der Waals surface area contributed by atoms with Crippen molar-refractivity contribution < 1.29 is 14.4 Å². The largest absolute Gasteiger partial charge is 0.322 e. The average Bonchev–Trinajstić information content (AvgIpc) is 3.04. The maximum atomic E-state index is 12.8. The van der Waals surface area contributed by atoms with Crippen LogP contribution in [0.15, 0.2) is 18.2 Å². The fourth-order valence-corrected chi connectivity index (χ4v) is 5.42. The van der Waals surface area contributed by atoms with Crippen molar-refractivity contribution in [1.82, 2.24) is 20.4 Å². The van der Waals surface area contributed by atoms with Crippen molar-refractivity contribution in [3.05, 3.63) is 34.9 Å². The van der Waals surface area contributed by atoms with Gasteiger partial charge in [0, 0.05) is 37.7 Å². The van der Waals surface area contributed by atoms with Crippen LogP contribution in [0.5, 0.6) is 0 Å². The predicted molar refractivity (Wildman–Crippen MR) is 107 cm³/mol. The van der Waals surface area contributed by atoms with Gasteiger partial charge in [-0.25, -0.2) is 0 Å². The summed E-state index contributed by atoms with van der Waals surface area (Å²) < 4.78 is 0. The summed E-state index contributed by atoms with van der Waals surface area (Å²) in [6, 6.07) is 6.14. The Kier molecular flexibility index (Phi) is 4.87. The third kappa shape index (κ3) is 3.57. The molecule has 29 heavy (non-hydrogen) atoms. The average molecular weight is 396 g/mol. The molecular formula is C22H28N4O3. The molecule has 4 aliphatic heterocycles. The van der Waals surface area contributed by atoms with Crippen molar-refractivity contribution >= 4 is 17.7 Å². The van der Waals surface area contributed by atoms with Gasteiger partial charge in [0.15, 0.2) is 0 Å². The number of hydrogen-bond donors (Lipinski definition) is 2. The second-order valence-corrected chi connectivity index (χ2v) is 8.88. The minimum absolute atomic E-state index is 0.103. The summed E-state index contributed by atoms with van der Waals surface area (Å²) in [6.07, 6.45) is 4.59. The zero-order chi connectivity index (χ0) is 20.0. The number of piperidine rings is 3. The second kappa shape index (κ2) is 7.54. The minimum Gasteiger partial charge on any atom is -0.322 e. The molecule has 4 heterocycles. The van der Waals surface area contributed by atoms with E-state index >= 15 is 0 Å². The molecule has 7 heteroatoms. The van der Waals surface area contributed by atoms with Gasteiger partial charge < -0.3 is 10.2 Å². The lowest BCUT2D eigenvalue weighted by Crippen LogP contribution is -2.53. The molecule has 0 radical (unpaired) electrons. The first-order valence-corrected chi connectivity index (χ1v) is 10.8. The van der Waals surface area contributed by atoms with Gasteiger partial charge in [-0.2, -0.15) is 0 Å². The van der Waals surface area contributed by atoms with E-state index in [0.29, 0.717) is 24.6 Å². The number of nitrogens with zero attached hydrogens (tertiary/aromatic N) is 2. The Balaban J connectivity index is 1.26. The Morgan fingerprint density at radius 2 is 2.00 bits per heavy atom. The van der Waals surface area contributed by atoms with Crippen molar-refractivity contribution in [2.45, 2.75) is 57.3 Å². The van der Waals surface area contributed by atoms with E-state index in [0.717, 1.165) is 37.7 Å². The van der Waals surface area contributed by atoms with Crippen LogP contribution in [0.2, 0.25) is 0 Å². The minimum atomic E-state index is -0.549. The van der Waals surface area contributed by atoms with Gasteiger partial charge in [0.25, 0.3) is 5.91 Å². The van der Waals surface area contributed by atoms with Crippen LogP contribution >= 0.6 is 0 Å². The van der Waals surface area contributed by atoms with Gasteiger partial charge in [-0.15, -0.1) is 0 Å². The lowest BCUT2D eigenvalue weighted by Gasteiger charge is -2.41. The van der Waals surface area contributed by atoms with E-state index in [1.165, 1.54) is 24.8 Å². The van der Waals surface area contributed by atoms with E-state index in [9.17, 15) is 14.4 Å². The third-order valence-electron chi connectivity index (χ3n) is 6.99. The summed E-state index contributed by atoms with van der Waals surface area (Å²) in [4.78, 5) is 40.6. The molecule has 1 aromatic carbocycles. The molecule has 0 spiro atoms. The fraction of sp³-hybridized carbons (Fsp3) is 0.591. The molecule has 3 amide bonds. The highest BCUT2D eigenvalue weighted by molar-refractivity contribution is 6.05. The van der Waals surface area contributed by atoms with Gasteiger partial charge in [0.1, 0.15) is 6.04 Å². The summed E-state index contributed by atoms with van der Waals surface area (Å²) in [5.74, 6) is 0.104. The Morgan fingerprint density at radius 3 is 2.86 bits per heavy atom. The summed E-state index contributed by atoms with van der Waals surface area (Å²) in [6.45, 7) is 4.68. The maximum Gasteiger partial charge on any atom is 0.255 e. The summed E-state index contributed by atoms with van der Waals surface area (Å²) in [5.41, 5.74) is 2.89. The number of amides is 3. The molecule has 0 saturated carbocycles. The summed E-state index contributed by atoms with van der Waals surface area (Å²) >= 11 is 0. The van der Waals surface area contributed by atoms with E-state index in [1.54, 1.807) is 4.90 Å². The SMILES string of the molecule is O=C1CCC(N2Cc3cc(CN4CCC5CCCNC5C4)ccc3C2=O)C(=O)N1. The normalized spacial score (nSPS) is 30.1. The second-order valence-electron chi connectivity index (χ2n) is 8.88. The van der Waals surface area contributed by atoms with Crippen LogP contribution in [0, 0.1) is 5.92 Å². The number of fused-ring (bicyclic) bond motifs is 2. The van der Waals surface area contributed by atoms with Crippen molar-refractivity contribution in [1.29, 1.82) is 0 Å². The Labute approximate surface area is 170 Å². The predicted octanol–water partition coefficient (Wildman–Crippen LogP) is 1.02. The first kappa shape index (κ1) is 18.8. The van der Waals surface area contributed by atoms with E-state index < -0.39 is 6.04 Å². The molecule has 0 aliphatic carbocycles. The first-order valence-electron chi connectivity index (χ1n) is 10.8. The topological polar surface area (TPSA) is 81.8 Å². The van der Waals surface area contributed by atoms with Gasteiger partial charge in [0.05, 0.1) is 0 Å². The van der Waals surface area contributed by atoms with Crippen molar-refractivity contribution in [3.8, 4) is 0 Å². The summed E-state index contributed by atoms with van der Waals surface area (Å²) in [7, 11) is 0. The number of imide groups is 1. The van der Waals surface area contributed by atoms with Crippen LogP contribution in [0.25, 0.3) is 0 Å². The van der Waals surface area contributed by atoms with Gasteiger partial charge >= 0.3 is 0 Å².